The average Bonchev–Trinajstić information content (AvgIpc) is 3.06. The first-order chi connectivity index (χ1) is 10.2. The van der Waals surface area contributed by atoms with E-state index in [9.17, 15) is 0 Å². The Bertz CT molecular complexity index is 737. The fourth-order valence-corrected chi connectivity index (χ4v) is 3.45. The van der Waals surface area contributed by atoms with E-state index in [-0.39, 0.29) is 0 Å². The molecular formula is C17H18N2OS. The molecule has 2 heterocycles. The molecule has 0 fully saturated rings. The van der Waals surface area contributed by atoms with Crippen LogP contribution in [0.15, 0.2) is 34.9 Å². The van der Waals surface area contributed by atoms with Crippen LogP contribution in [0.3, 0.4) is 0 Å². The van der Waals surface area contributed by atoms with Gasteiger partial charge in [0, 0.05) is 10.4 Å². The molecular weight excluding hydrogens is 280 g/mol. The molecule has 0 saturated heterocycles. The van der Waals surface area contributed by atoms with E-state index in [1.165, 1.54) is 16.0 Å². The molecule has 3 nitrogen and oxygen atoms in total. The van der Waals surface area contributed by atoms with Crippen LogP contribution in [0, 0.1) is 13.8 Å². The first-order valence-electron chi connectivity index (χ1n) is 7.17. The average molecular weight is 298 g/mol. The summed E-state index contributed by atoms with van der Waals surface area (Å²) in [5, 5.41) is 4.12. The molecule has 0 N–H and O–H groups in total. The van der Waals surface area contributed by atoms with Crippen molar-refractivity contribution in [2.45, 2.75) is 33.6 Å². The maximum absolute atomic E-state index is 5.43. The lowest BCUT2D eigenvalue weighted by molar-refractivity contribution is 0.433. The number of benzene rings is 1. The first-order valence-corrected chi connectivity index (χ1v) is 7.99. The van der Waals surface area contributed by atoms with E-state index >= 15 is 0 Å². The number of hydrogen-bond donors (Lipinski definition) is 0. The van der Waals surface area contributed by atoms with Gasteiger partial charge in [-0.2, -0.15) is 4.98 Å². The van der Waals surface area contributed by atoms with Crippen LogP contribution < -0.4 is 0 Å². The first kappa shape index (κ1) is 14.0. The molecule has 0 radical (unpaired) electrons. The van der Waals surface area contributed by atoms with Gasteiger partial charge in [0.25, 0.3) is 5.89 Å². The van der Waals surface area contributed by atoms with Gasteiger partial charge in [0.2, 0.25) is 5.82 Å². The third kappa shape index (κ3) is 3.05. The number of aryl methyl sites for hydroxylation is 3. The monoisotopic (exact) mass is 298 g/mol. The van der Waals surface area contributed by atoms with Crippen LogP contribution in [0.25, 0.3) is 22.2 Å². The van der Waals surface area contributed by atoms with Crippen molar-refractivity contribution in [1.29, 1.82) is 0 Å². The van der Waals surface area contributed by atoms with E-state index in [1.54, 1.807) is 11.3 Å². The summed E-state index contributed by atoms with van der Waals surface area (Å²) in [5.41, 5.74) is 3.42. The standard InChI is InChI=1S/C17H18N2OS/c1-4-5-14-6-7-15(21-14)17-18-16(19-20-17)13-9-11(2)8-12(3)10-13/h6-10H,4-5H2,1-3H3. The van der Waals surface area contributed by atoms with Crippen molar-refractivity contribution in [2.75, 3.05) is 0 Å². The van der Waals surface area contributed by atoms with Crippen LogP contribution in [0.5, 0.6) is 0 Å². The molecule has 108 valence electrons. The Labute approximate surface area is 128 Å². The minimum absolute atomic E-state index is 0.608. The second kappa shape index (κ2) is 5.82. The maximum atomic E-state index is 5.43. The summed E-state index contributed by atoms with van der Waals surface area (Å²) in [6, 6.07) is 10.5. The molecule has 1 aromatic carbocycles. The van der Waals surface area contributed by atoms with Crippen LogP contribution in [-0.4, -0.2) is 10.1 Å². The minimum atomic E-state index is 0.608. The van der Waals surface area contributed by atoms with Gasteiger partial charge in [-0.25, -0.2) is 0 Å². The summed E-state index contributed by atoms with van der Waals surface area (Å²) in [7, 11) is 0. The van der Waals surface area contributed by atoms with Crippen LogP contribution in [0.1, 0.15) is 29.3 Å². The molecule has 0 saturated carbocycles. The number of rotatable bonds is 4. The van der Waals surface area contributed by atoms with Crippen molar-refractivity contribution in [1.82, 2.24) is 10.1 Å². The molecule has 3 aromatic rings. The molecule has 0 amide bonds. The van der Waals surface area contributed by atoms with Crippen molar-refractivity contribution in [3.63, 3.8) is 0 Å². The molecule has 4 heteroatoms. The van der Waals surface area contributed by atoms with Crippen LogP contribution >= 0.6 is 11.3 Å². The van der Waals surface area contributed by atoms with Gasteiger partial charge in [-0.3, -0.25) is 0 Å². The Morgan fingerprint density at radius 1 is 1.10 bits per heavy atom. The number of hydrogen-bond acceptors (Lipinski definition) is 4. The van der Waals surface area contributed by atoms with E-state index < -0.39 is 0 Å². The summed E-state index contributed by atoms with van der Waals surface area (Å²) < 4.78 is 5.43. The van der Waals surface area contributed by atoms with E-state index in [0.717, 1.165) is 23.3 Å². The number of aromatic nitrogens is 2. The van der Waals surface area contributed by atoms with Gasteiger partial charge in [0.05, 0.1) is 4.88 Å². The Morgan fingerprint density at radius 3 is 2.57 bits per heavy atom. The van der Waals surface area contributed by atoms with E-state index in [1.807, 2.05) is 0 Å². The summed E-state index contributed by atoms with van der Waals surface area (Å²) in [5.74, 6) is 1.26. The third-order valence-electron chi connectivity index (χ3n) is 3.27. The van der Waals surface area contributed by atoms with Crippen LogP contribution in [0.4, 0.5) is 0 Å². The highest BCUT2D eigenvalue weighted by atomic mass is 32.1. The molecule has 0 aliphatic rings. The molecule has 0 spiro atoms. The zero-order valence-electron chi connectivity index (χ0n) is 12.5. The highest BCUT2D eigenvalue weighted by Gasteiger charge is 2.13. The predicted molar refractivity (Wildman–Crippen MR) is 86.5 cm³/mol. The number of thiophene rings is 1. The highest BCUT2D eigenvalue weighted by Crippen LogP contribution is 2.29. The second-order valence-electron chi connectivity index (χ2n) is 5.32. The zero-order valence-corrected chi connectivity index (χ0v) is 13.3. The SMILES string of the molecule is CCCc1ccc(-c2nc(-c3cc(C)cc(C)c3)no2)s1. The molecule has 3 rings (SSSR count). The Balaban J connectivity index is 1.91. The van der Waals surface area contributed by atoms with Gasteiger partial charge in [0.15, 0.2) is 0 Å². The maximum Gasteiger partial charge on any atom is 0.268 e. The fraction of sp³-hybridized carbons (Fsp3) is 0.294. The lowest BCUT2D eigenvalue weighted by Crippen LogP contribution is -1.84. The molecule has 21 heavy (non-hydrogen) atoms. The molecule has 2 aromatic heterocycles. The smallest absolute Gasteiger partial charge is 0.268 e. The minimum Gasteiger partial charge on any atom is -0.333 e. The molecule has 0 aliphatic heterocycles. The van der Waals surface area contributed by atoms with E-state index in [2.05, 4.69) is 61.2 Å². The normalized spacial score (nSPS) is 11.0. The molecule has 0 atom stereocenters. The lowest BCUT2D eigenvalue weighted by Gasteiger charge is -1.99. The van der Waals surface area contributed by atoms with Crippen molar-refractivity contribution in [3.05, 3.63) is 46.3 Å². The van der Waals surface area contributed by atoms with Gasteiger partial charge >= 0.3 is 0 Å². The van der Waals surface area contributed by atoms with Crippen LogP contribution in [-0.2, 0) is 6.42 Å². The highest BCUT2D eigenvalue weighted by molar-refractivity contribution is 7.15. The zero-order chi connectivity index (χ0) is 14.8. The molecule has 0 aliphatic carbocycles. The van der Waals surface area contributed by atoms with Crippen molar-refractivity contribution in [2.24, 2.45) is 0 Å². The second-order valence-corrected chi connectivity index (χ2v) is 6.48. The predicted octanol–water partition coefficient (Wildman–Crippen LogP) is 5.03. The van der Waals surface area contributed by atoms with Crippen molar-refractivity contribution in [3.8, 4) is 22.2 Å². The van der Waals surface area contributed by atoms with E-state index in [4.69, 9.17) is 4.52 Å². The van der Waals surface area contributed by atoms with E-state index in [0.29, 0.717) is 11.7 Å². The lowest BCUT2D eigenvalue weighted by atomic mass is 10.1. The molecule has 0 unspecified atom stereocenters. The van der Waals surface area contributed by atoms with Gasteiger partial charge < -0.3 is 4.52 Å². The fourth-order valence-electron chi connectivity index (χ4n) is 2.42. The summed E-state index contributed by atoms with van der Waals surface area (Å²) in [6.07, 6.45) is 2.25. The summed E-state index contributed by atoms with van der Waals surface area (Å²) >= 11 is 1.73. The Kier molecular flexibility index (Phi) is 3.88. The number of nitrogens with zero attached hydrogens (tertiary/aromatic N) is 2. The van der Waals surface area contributed by atoms with Gasteiger partial charge in [-0.1, -0.05) is 35.7 Å². The molecule has 0 bridgehead atoms. The van der Waals surface area contributed by atoms with Crippen molar-refractivity contribution < 1.29 is 4.52 Å². The topological polar surface area (TPSA) is 38.9 Å². The summed E-state index contributed by atoms with van der Waals surface area (Å²) in [4.78, 5) is 6.94. The largest absolute Gasteiger partial charge is 0.333 e. The van der Waals surface area contributed by atoms with Gasteiger partial charge in [0.1, 0.15) is 0 Å². The van der Waals surface area contributed by atoms with Crippen LogP contribution in [0.2, 0.25) is 0 Å². The van der Waals surface area contributed by atoms with Gasteiger partial charge in [-0.15, -0.1) is 11.3 Å². The summed E-state index contributed by atoms with van der Waals surface area (Å²) in [6.45, 7) is 6.34. The van der Waals surface area contributed by atoms with Gasteiger partial charge in [-0.05, 0) is 44.5 Å². The quantitative estimate of drug-likeness (QED) is 0.677. The Morgan fingerprint density at radius 2 is 1.86 bits per heavy atom. The Hall–Kier alpha value is -1.94. The third-order valence-corrected chi connectivity index (χ3v) is 4.41. The van der Waals surface area contributed by atoms with Crippen molar-refractivity contribution >= 4 is 11.3 Å².